The van der Waals surface area contributed by atoms with Crippen LogP contribution in [0.5, 0.6) is 0 Å². The highest BCUT2D eigenvalue weighted by Crippen LogP contribution is 2.54. The van der Waals surface area contributed by atoms with Gasteiger partial charge in [0.05, 0.1) is 33.4 Å². The molecule has 11 aromatic rings. The fourth-order valence-corrected chi connectivity index (χ4v) is 12.5. The maximum atomic E-state index is 15.5. The Bertz CT molecular complexity index is 3200. The summed E-state index contributed by atoms with van der Waals surface area (Å²) in [6.07, 6.45) is 0. The van der Waals surface area contributed by atoms with E-state index in [2.05, 4.69) is 166 Å². The third-order valence-electron chi connectivity index (χ3n) is 12.1. The minimum atomic E-state index is -3.14. The topological polar surface area (TPSA) is 30.2 Å². The first-order valence-electron chi connectivity index (χ1n) is 20.0. The summed E-state index contributed by atoms with van der Waals surface area (Å²) in [5, 5.41) is 7.47. The van der Waals surface area contributed by atoms with Crippen molar-refractivity contribution in [2.24, 2.45) is 0 Å². The van der Waals surface area contributed by atoms with E-state index in [1.807, 2.05) is 66.7 Å². The third-order valence-corrected chi connectivity index (χ3v) is 15.2. The first kappa shape index (κ1) is 33.7. The van der Waals surface area contributed by atoms with Crippen LogP contribution in [0.2, 0.25) is 0 Å². The molecule has 2 aromatic heterocycles. The van der Waals surface area contributed by atoms with Gasteiger partial charge in [0.1, 0.15) is 0 Å². The van der Waals surface area contributed by atoms with Crippen LogP contribution in [0.25, 0.3) is 66.1 Å². The largest absolute Gasteiger partial charge is 0.309 e. The summed E-state index contributed by atoms with van der Waals surface area (Å²) >= 11 is 0. The van der Waals surface area contributed by atoms with Gasteiger partial charge in [-0.2, -0.15) is 0 Å². The predicted octanol–water partition coefficient (Wildman–Crippen LogP) is 13.0. The Kier molecular flexibility index (Phi) is 7.47. The molecule has 12 rings (SSSR count). The molecule has 0 bridgehead atoms. The molecule has 278 valence electrons. The van der Waals surface area contributed by atoms with Crippen molar-refractivity contribution in [1.29, 1.82) is 0 Å². The molecule has 4 nitrogen and oxygen atoms in total. The molecule has 0 amide bonds. The molecule has 5 heteroatoms. The molecule has 0 unspecified atom stereocenters. The molecule has 0 saturated heterocycles. The summed E-state index contributed by atoms with van der Waals surface area (Å²) in [5.74, 6) is 0. The molecular weight excluding hydrogens is 738 g/mol. The van der Waals surface area contributed by atoms with E-state index in [0.717, 1.165) is 55.5 Å². The van der Waals surface area contributed by atoms with Crippen molar-refractivity contribution in [2.45, 2.75) is 0 Å². The number of aromatic nitrogens is 2. The second-order valence-electron chi connectivity index (χ2n) is 15.3. The van der Waals surface area contributed by atoms with E-state index < -0.39 is 7.14 Å². The number of nitrogens with zero attached hydrogens (tertiary/aromatic N) is 3. The van der Waals surface area contributed by atoms with Crippen molar-refractivity contribution >= 4 is 83.7 Å². The molecule has 0 spiro atoms. The van der Waals surface area contributed by atoms with Gasteiger partial charge in [-0.3, -0.25) is 0 Å². The lowest BCUT2D eigenvalue weighted by atomic mass is 10.0. The van der Waals surface area contributed by atoms with Gasteiger partial charge < -0.3 is 18.6 Å². The van der Waals surface area contributed by atoms with Crippen LogP contribution in [0.4, 0.5) is 17.1 Å². The molecule has 59 heavy (non-hydrogen) atoms. The zero-order valence-corrected chi connectivity index (χ0v) is 32.9. The fraction of sp³-hybridized carbons (Fsp3) is 0. The minimum Gasteiger partial charge on any atom is -0.309 e. The Morgan fingerprint density at radius 2 is 0.712 bits per heavy atom. The zero-order chi connectivity index (χ0) is 39.1. The van der Waals surface area contributed by atoms with Gasteiger partial charge in [-0.25, -0.2) is 0 Å². The van der Waals surface area contributed by atoms with Crippen molar-refractivity contribution in [3.8, 4) is 22.5 Å². The highest BCUT2D eigenvalue weighted by molar-refractivity contribution is 7.86. The second-order valence-corrected chi connectivity index (χ2v) is 18.0. The van der Waals surface area contributed by atoms with Gasteiger partial charge in [0.25, 0.3) is 0 Å². The molecular formula is C54H36N3OP. The summed E-state index contributed by atoms with van der Waals surface area (Å²) in [6.45, 7) is 0. The molecule has 0 aliphatic carbocycles. The van der Waals surface area contributed by atoms with Gasteiger partial charge in [0, 0.05) is 54.5 Å². The summed E-state index contributed by atoms with van der Waals surface area (Å²) in [5.41, 5.74) is 12.0. The van der Waals surface area contributed by atoms with Crippen molar-refractivity contribution in [3.63, 3.8) is 0 Å². The van der Waals surface area contributed by atoms with Crippen LogP contribution in [0.3, 0.4) is 0 Å². The van der Waals surface area contributed by atoms with Crippen LogP contribution in [-0.4, -0.2) is 9.13 Å². The first-order chi connectivity index (χ1) is 29.2. The Labute approximate surface area is 341 Å². The maximum Gasteiger partial charge on any atom is 0.175 e. The van der Waals surface area contributed by atoms with E-state index in [-0.39, 0.29) is 0 Å². The van der Waals surface area contributed by atoms with E-state index in [0.29, 0.717) is 0 Å². The standard InChI is InChI=1S/C54H36N3OP/c58-59(42-16-2-1-3-17-42)53-28-14-12-26-51(53)55(52-27-13-15-29-54(52)59)39-32-30-37(31-33-39)38-34-40(56-47-22-8-4-18-43(47)44-19-5-9-23-48(44)56)36-41(35-38)57-49-24-10-6-20-45(49)46-21-7-11-25-50(46)57/h1-36H. The normalized spacial score (nSPS) is 13.3. The lowest BCUT2D eigenvalue weighted by Gasteiger charge is -2.37. The molecule has 1 aliphatic rings. The molecule has 0 atom stereocenters. The van der Waals surface area contributed by atoms with Gasteiger partial charge in [-0.1, -0.05) is 140 Å². The van der Waals surface area contributed by atoms with Gasteiger partial charge in [-0.15, -0.1) is 0 Å². The van der Waals surface area contributed by atoms with Crippen LogP contribution in [-0.2, 0) is 4.57 Å². The lowest BCUT2D eigenvalue weighted by molar-refractivity contribution is 0.592. The van der Waals surface area contributed by atoms with Crippen LogP contribution < -0.4 is 20.8 Å². The predicted molar refractivity (Wildman–Crippen MR) is 248 cm³/mol. The van der Waals surface area contributed by atoms with Gasteiger partial charge in [-0.05, 0) is 90.0 Å². The first-order valence-corrected chi connectivity index (χ1v) is 21.8. The summed E-state index contributed by atoms with van der Waals surface area (Å²) in [6, 6.07) is 77.0. The van der Waals surface area contributed by atoms with Crippen LogP contribution in [0.1, 0.15) is 0 Å². The van der Waals surface area contributed by atoms with Crippen LogP contribution in [0, 0.1) is 0 Å². The Hall–Kier alpha value is -7.39. The number of para-hydroxylation sites is 6. The van der Waals surface area contributed by atoms with E-state index in [1.165, 1.54) is 43.6 Å². The Morgan fingerprint density at radius 1 is 0.322 bits per heavy atom. The summed E-state index contributed by atoms with van der Waals surface area (Å²) < 4.78 is 20.3. The van der Waals surface area contributed by atoms with Gasteiger partial charge >= 0.3 is 0 Å². The number of rotatable bonds is 5. The van der Waals surface area contributed by atoms with Crippen LogP contribution in [0.15, 0.2) is 218 Å². The maximum absolute atomic E-state index is 15.5. The van der Waals surface area contributed by atoms with Gasteiger partial charge in [0.15, 0.2) is 7.14 Å². The van der Waals surface area contributed by atoms with E-state index in [9.17, 15) is 0 Å². The van der Waals surface area contributed by atoms with E-state index >= 15 is 4.57 Å². The number of fused-ring (bicyclic) bond motifs is 8. The average Bonchev–Trinajstić information content (AvgIpc) is 3.83. The second kappa shape index (κ2) is 13.1. The number of anilines is 3. The monoisotopic (exact) mass is 773 g/mol. The molecule has 0 N–H and O–H groups in total. The van der Waals surface area contributed by atoms with Crippen molar-refractivity contribution in [3.05, 3.63) is 218 Å². The highest BCUT2D eigenvalue weighted by atomic mass is 31.2. The molecule has 3 heterocycles. The Balaban J connectivity index is 1.06. The third kappa shape index (κ3) is 5.00. The Morgan fingerprint density at radius 3 is 1.17 bits per heavy atom. The molecule has 1 aliphatic heterocycles. The molecule has 0 radical (unpaired) electrons. The van der Waals surface area contributed by atoms with Crippen LogP contribution >= 0.6 is 7.14 Å². The molecule has 9 aromatic carbocycles. The summed E-state index contributed by atoms with van der Waals surface area (Å²) in [7, 11) is -3.14. The SMILES string of the molecule is O=P1(c2ccccc2)c2ccccc2N(c2ccc(-c3cc(-n4c5ccccc5c5ccccc54)cc(-n4c5ccccc5c5ccccc54)c3)cc2)c2ccccc21. The van der Waals surface area contributed by atoms with Crippen molar-refractivity contribution in [1.82, 2.24) is 9.13 Å². The summed E-state index contributed by atoms with van der Waals surface area (Å²) in [4.78, 5) is 2.27. The average molecular weight is 774 g/mol. The van der Waals surface area contributed by atoms with Crippen molar-refractivity contribution in [2.75, 3.05) is 4.90 Å². The fourth-order valence-electron chi connectivity index (χ4n) is 9.52. The number of hydrogen-bond donors (Lipinski definition) is 0. The molecule has 0 saturated carbocycles. The van der Waals surface area contributed by atoms with Crippen molar-refractivity contribution < 1.29 is 4.57 Å². The smallest absolute Gasteiger partial charge is 0.175 e. The number of hydrogen-bond acceptors (Lipinski definition) is 2. The molecule has 0 fully saturated rings. The van der Waals surface area contributed by atoms with E-state index in [1.54, 1.807) is 0 Å². The zero-order valence-electron chi connectivity index (χ0n) is 32.0. The minimum absolute atomic E-state index is 0.845. The number of benzene rings is 9. The quantitative estimate of drug-likeness (QED) is 0.163. The van der Waals surface area contributed by atoms with E-state index in [4.69, 9.17) is 0 Å². The van der Waals surface area contributed by atoms with Gasteiger partial charge in [0.2, 0.25) is 0 Å². The lowest BCUT2D eigenvalue weighted by Crippen LogP contribution is -2.36. The highest BCUT2D eigenvalue weighted by Gasteiger charge is 2.40.